The molecule has 2 heterocycles. The van der Waals surface area contributed by atoms with Crippen LogP contribution < -0.4 is 10.2 Å². The van der Waals surface area contributed by atoms with Crippen LogP contribution in [0.15, 0.2) is 73.1 Å². The van der Waals surface area contributed by atoms with E-state index in [4.69, 9.17) is 0 Å². The van der Waals surface area contributed by atoms with Gasteiger partial charge in [0.15, 0.2) is 0 Å². The third-order valence-corrected chi connectivity index (χ3v) is 5.84. The summed E-state index contributed by atoms with van der Waals surface area (Å²) in [6.07, 6.45) is 4.11. The standard InChI is InChI=1S/C27H30N6O2/c1-19(2)12-17-29-27(35)26(21-13-15-28-16-14-21)33(22-10-8-20(3)9-11-22)25(34)18-32-24-7-5-4-6-23(24)30-31-32/h4-11,13-16,19,26H,12,17-18H2,1-3H3,(H,29,35)/t26-/m0/s1. The van der Waals surface area contributed by atoms with Crippen molar-refractivity contribution < 1.29 is 9.59 Å². The zero-order valence-electron chi connectivity index (χ0n) is 20.3. The van der Waals surface area contributed by atoms with Crippen LogP contribution >= 0.6 is 0 Å². The van der Waals surface area contributed by atoms with Gasteiger partial charge in [-0.15, -0.1) is 5.10 Å². The lowest BCUT2D eigenvalue weighted by atomic mass is 10.0. The fourth-order valence-electron chi connectivity index (χ4n) is 3.93. The van der Waals surface area contributed by atoms with E-state index >= 15 is 0 Å². The molecule has 0 aliphatic carbocycles. The molecule has 35 heavy (non-hydrogen) atoms. The summed E-state index contributed by atoms with van der Waals surface area (Å²) >= 11 is 0. The van der Waals surface area contributed by atoms with E-state index in [9.17, 15) is 9.59 Å². The van der Waals surface area contributed by atoms with Crippen LogP contribution in [0.3, 0.4) is 0 Å². The van der Waals surface area contributed by atoms with E-state index in [0.29, 0.717) is 29.2 Å². The molecule has 4 aromatic rings. The highest BCUT2D eigenvalue weighted by Gasteiger charge is 2.33. The van der Waals surface area contributed by atoms with Gasteiger partial charge < -0.3 is 5.32 Å². The van der Waals surface area contributed by atoms with Crippen LogP contribution in [0.4, 0.5) is 5.69 Å². The van der Waals surface area contributed by atoms with Crippen molar-refractivity contribution in [3.8, 4) is 0 Å². The lowest BCUT2D eigenvalue weighted by molar-refractivity contribution is -0.127. The van der Waals surface area contributed by atoms with E-state index in [1.807, 2.05) is 55.5 Å². The molecule has 0 bridgehead atoms. The Hall–Kier alpha value is -4.07. The summed E-state index contributed by atoms with van der Waals surface area (Å²) < 4.78 is 1.57. The van der Waals surface area contributed by atoms with Gasteiger partial charge in [0.05, 0.1) is 5.52 Å². The Bertz CT molecular complexity index is 1280. The van der Waals surface area contributed by atoms with Crippen LogP contribution in [0.25, 0.3) is 11.0 Å². The van der Waals surface area contributed by atoms with Gasteiger partial charge in [0, 0.05) is 24.6 Å². The number of hydrogen-bond acceptors (Lipinski definition) is 5. The summed E-state index contributed by atoms with van der Waals surface area (Å²) in [5, 5.41) is 11.4. The molecule has 2 amide bonds. The zero-order valence-corrected chi connectivity index (χ0v) is 20.3. The lowest BCUT2D eigenvalue weighted by Gasteiger charge is -2.31. The number of carbonyl (C=O) groups excluding carboxylic acids is 2. The number of rotatable bonds is 9. The number of aryl methyl sites for hydroxylation is 1. The normalized spacial score (nSPS) is 12.0. The van der Waals surface area contributed by atoms with Crippen LogP contribution in [-0.4, -0.2) is 38.3 Å². The van der Waals surface area contributed by atoms with Crippen molar-refractivity contribution in [2.24, 2.45) is 5.92 Å². The zero-order chi connectivity index (χ0) is 24.8. The van der Waals surface area contributed by atoms with Gasteiger partial charge in [-0.25, -0.2) is 4.68 Å². The smallest absolute Gasteiger partial charge is 0.249 e. The van der Waals surface area contributed by atoms with Gasteiger partial charge >= 0.3 is 0 Å². The van der Waals surface area contributed by atoms with Crippen LogP contribution in [0, 0.1) is 12.8 Å². The Morgan fingerprint density at radius 3 is 2.43 bits per heavy atom. The molecule has 0 fully saturated rings. The third-order valence-electron chi connectivity index (χ3n) is 5.84. The number of aromatic nitrogens is 4. The van der Waals surface area contributed by atoms with Crippen LogP contribution in [-0.2, 0) is 16.1 Å². The number of amides is 2. The fourth-order valence-corrected chi connectivity index (χ4v) is 3.93. The van der Waals surface area contributed by atoms with Gasteiger partial charge in [0.2, 0.25) is 11.8 Å². The molecule has 8 nitrogen and oxygen atoms in total. The van der Waals surface area contributed by atoms with Crippen LogP contribution in [0.5, 0.6) is 0 Å². The quantitative estimate of drug-likeness (QED) is 0.398. The first-order valence-electron chi connectivity index (χ1n) is 11.8. The summed E-state index contributed by atoms with van der Waals surface area (Å²) in [5.74, 6) is -0.0651. The van der Waals surface area contributed by atoms with E-state index in [0.717, 1.165) is 17.5 Å². The maximum atomic E-state index is 13.9. The first kappa shape index (κ1) is 24.1. The van der Waals surface area contributed by atoms with Crippen molar-refractivity contribution in [3.63, 3.8) is 0 Å². The van der Waals surface area contributed by atoms with Crippen molar-refractivity contribution >= 4 is 28.5 Å². The molecule has 2 aromatic heterocycles. The van der Waals surface area contributed by atoms with Crippen molar-refractivity contribution in [2.45, 2.75) is 39.8 Å². The molecule has 0 saturated heterocycles. The Morgan fingerprint density at radius 2 is 1.71 bits per heavy atom. The molecule has 0 unspecified atom stereocenters. The highest BCUT2D eigenvalue weighted by atomic mass is 16.2. The first-order valence-corrected chi connectivity index (χ1v) is 11.8. The average molecular weight is 471 g/mol. The largest absolute Gasteiger partial charge is 0.354 e. The number of nitrogens with zero attached hydrogens (tertiary/aromatic N) is 5. The molecule has 2 aromatic carbocycles. The number of carbonyl (C=O) groups is 2. The van der Waals surface area contributed by atoms with E-state index in [1.54, 1.807) is 34.1 Å². The lowest BCUT2D eigenvalue weighted by Crippen LogP contribution is -2.45. The van der Waals surface area contributed by atoms with Gasteiger partial charge in [-0.3, -0.25) is 19.5 Å². The van der Waals surface area contributed by atoms with Gasteiger partial charge in [0.25, 0.3) is 0 Å². The van der Waals surface area contributed by atoms with E-state index in [2.05, 4.69) is 34.5 Å². The fraction of sp³-hybridized carbons (Fsp3) is 0.296. The number of pyridine rings is 1. The van der Waals surface area contributed by atoms with Crippen LogP contribution in [0.1, 0.15) is 37.4 Å². The molecule has 0 spiro atoms. The van der Waals surface area contributed by atoms with Gasteiger partial charge in [0.1, 0.15) is 18.1 Å². The minimum absolute atomic E-state index is 0.0603. The van der Waals surface area contributed by atoms with E-state index in [1.165, 1.54) is 0 Å². The molecule has 0 saturated carbocycles. The van der Waals surface area contributed by atoms with Crippen molar-refractivity contribution in [1.29, 1.82) is 0 Å². The molecule has 0 radical (unpaired) electrons. The Kier molecular flexibility index (Phi) is 7.50. The average Bonchev–Trinajstić information content (AvgIpc) is 3.26. The highest BCUT2D eigenvalue weighted by Crippen LogP contribution is 2.29. The number of para-hydroxylation sites is 1. The van der Waals surface area contributed by atoms with Crippen molar-refractivity contribution in [3.05, 3.63) is 84.2 Å². The Morgan fingerprint density at radius 1 is 1.00 bits per heavy atom. The monoisotopic (exact) mass is 470 g/mol. The second-order valence-corrected chi connectivity index (χ2v) is 8.99. The number of benzene rings is 2. The Labute approximate surface area is 205 Å². The minimum Gasteiger partial charge on any atom is -0.354 e. The maximum Gasteiger partial charge on any atom is 0.249 e. The molecule has 1 atom stereocenters. The van der Waals surface area contributed by atoms with Crippen molar-refractivity contribution in [1.82, 2.24) is 25.3 Å². The molecule has 1 N–H and O–H groups in total. The topological polar surface area (TPSA) is 93.0 Å². The molecular formula is C27H30N6O2. The molecule has 4 rings (SSSR count). The second kappa shape index (κ2) is 10.9. The molecule has 180 valence electrons. The summed E-state index contributed by atoms with van der Waals surface area (Å²) in [6.45, 7) is 6.67. The predicted octanol–water partition coefficient (Wildman–Crippen LogP) is 4.07. The minimum atomic E-state index is -0.866. The van der Waals surface area contributed by atoms with Gasteiger partial charge in [-0.05, 0) is 61.2 Å². The summed E-state index contributed by atoms with van der Waals surface area (Å²) in [6, 6.07) is 17.7. The van der Waals surface area contributed by atoms with E-state index in [-0.39, 0.29) is 18.4 Å². The van der Waals surface area contributed by atoms with Gasteiger partial charge in [-0.1, -0.05) is 48.9 Å². The second-order valence-electron chi connectivity index (χ2n) is 8.99. The number of fused-ring (bicyclic) bond motifs is 1. The van der Waals surface area contributed by atoms with Crippen LogP contribution in [0.2, 0.25) is 0 Å². The maximum absolute atomic E-state index is 13.9. The highest BCUT2D eigenvalue weighted by molar-refractivity contribution is 6.01. The summed E-state index contributed by atoms with van der Waals surface area (Å²) in [4.78, 5) is 33.1. The molecular weight excluding hydrogens is 440 g/mol. The van der Waals surface area contributed by atoms with Gasteiger partial charge in [-0.2, -0.15) is 0 Å². The summed E-state index contributed by atoms with van der Waals surface area (Å²) in [7, 11) is 0. The molecule has 8 heteroatoms. The van der Waals surface area contributed by atoms with Crippen molar-refractivity contribution in [2.75, 3.05) is 11.4 Å². The molecule has 0 aliphatic rings. The van der Waals surface area contributed by atoms with E-state index < -0.39 is 6.04 Å². The third kappa shape index (κ3) is 5.71. The first-order chi connectivity index (χ1) is 16.9. The number of anilines is 1. The predicted molar refractivity (Wildman–Crippen MR) is 136 cm³/mol. The number of nitrogens with one attached hydrogen (secondary N) is 1. The summed E-state index contributed by atoms with van der Waals surface area (Å²) in [5.41, 5.74) is 3.83. The SMILES string of the molecule is Cc1ccc(N(C(=O)Cn2nnc3ccccc32)[C@H](C(=O)NCCC(C)C)c2ccncc2)cc1. The molecule has 0 aliphatic heterocycles. The number of hydrogen-bond donors (Lipinski definition) is 1. The Balaban J connectivity index is 1.73.